The fourth-order valence-corrected chi connectivity index (χ4v) is 2.87. The molecule has 0 heterocycles. The molecule has 6 heteroatoms. The molecule has 1 aromatic carbocycles. The Morgan fingerprint density at radius 3 is 2.48 bits per heavy atom. The predicted molar refractivity (Wildman–Crippen MR) is 83.2 cm³/mol. The summed E-state index contributed by atoms with van der Waals surface area (Å²) >= 11 is 12.1. The maximum atomic E-state index is 13.6. The van der Waals surface area contributed by atoms with Crippen LogP contribution in [0.3, 0.4) is 0 Å². The van der Waals surface area contributed by atoms with Crippen LogP contribution in [-0.2, 0) is 9.53 Å². The second-order valence-corrected chi connectivity index (χ2v) is 6.14. The number of nitrogens with one attached hydrogen (secondary N) is 1. The third-order valence-corrected chi connectivity index (χ3v) is 3.87. The second kappa shape index (κ2) is 7.97. The number of halogens is 3. The lowest BCUT2D eigenvalue weighted by Gasteiger charge is -2.24. The third-order valence-electron chi connectivity index (χ3n) is 3.16. The van der Waals surface area contributed by atoms with Gasteiger partial charge in [0.15, 0.2) is 0 Å². The molecule has 1 N–H and O–H groups in total. The zero-order valence-electron chi connectivity index (χ0n) is 12.5. The van der Waals surface area contributed by atoms with Crippen molar-refractivity contribution in [1.29, 1.82) is 0 Å². The quantitative estimate of drug-likeness (QED) is 0.619. The molecule has 2 unspecified atom stereocenters. The molecule has 1 rings (SSSR count). The minimum Gasteiger partial charge on any atom is -0.468 e. The fourth-order valence-electron chi connectivity index (χ4n) is 2.17. The first-order valence-electron chi connectivity index (χ1n) is 6.75. The Morgan fingerprint density at radius 1 is 1.33 bits per heavy atom. The van der Waals surface area contributed by atoms with Gasteiger partial charge in [-0.2, -0.15) is 0 Å². The molecule has 2 atom stereocenters. The van der Waals surface area contributed by atoms with E-state index in [1.54, 1.807) is 6.92 Å². The van der Waals surface area contributed by atoms with Gasteiger partial charge in [-0.05, 0) is 31.4 Å². The number of benzene rings is 1. The van der Waals surface area contributed by atoms with E-state index in [0.29, 0.717) is 22.9 Å². The van der Waals surface area contributed by atoms with Crippen LogP contribution in [0, 0.1) is 11.7 Å². The largest absolute Gasteiger partial charge is 0.468 e. The molecular weight excluding hydrogens is 316 g/mol. The SMILES string of the molecule is COC(=O)C(CC(C)C)NC(C)c1c(Cl)ccc(F)c1Cl. The van der Waals surface area contributed by atoms with E-state index < -0.39 is 11.9 Å². The second-order valence-electron chi connectivity index (χ2n) is 5.35. The van der Waals surface area contributed by atoms with Crippen molar-refractivity contribution >= 4 is 29.2 Å². The van der Waals surface area contributed by atoms with E-state index in [0.717, 1.165) is 0 Å². The first kappa shape index (κ1) is 18.2. The molecule has 0 amide bonds. The van der Waals surface area contributed by atoms with E-state index in [1.165, 1.54) is 19.2 Å². The zero-order chi connectivity index (χ0) is 16.2. The standard InChI is InChI=1S/C15H20Cl2FNO2/c1-8(2)7-12(15(20)21-4)19-9(3)13-10(16)5-6-11(18)14(13)17/h5-6,8-9,12,19H,7H2,1-4H3. The summed E-state index contributed by atoms with van der Waals surface area (Å²) in [5, 5.41) is 3.44. The van der Waals surface area contributed by atoms with Crippen LogP contribution < -0.4 is 5.32 Å². The van der Waals surface area contributed by atoms with E-state index in [4.69, 9.17) is 27.9 Å². The Labute approximate surface area is 134 Å². The molecular formula is C15H20Cl2FNO2. The molecule has 0 aliphatic rings. The van der Waals surface area contributed by atoms with Gasteiger partial charge in [0.2, 0.25) is 0 Å². The molecule has 0 saturated heterocycles. The number of methoxy groups -OCH3 is 1. The summed E-state index contributed by atoms with van der Waals surface area (Å²) in [6, 6.07) is 1.78. The van der Waals surface area contributed by atoms with Gasteiger partial charge in [0.25, 0.3) is 0 Å². The summed E-state index contributed by atoms with van der Waals surface area (Å²) in [5.74, 6) is -0.602. The van der Waals surface area contributed by atoms with Crippen LogP contribution in [0.15, 0.2) is 12.1 Å². The highest BCUT2D eigenvalue weighted by Gasteiger charge is 2.25. The van der Waals surface area contributed by atoms with Crippen LogP contribution in [0.25, 0.3) is 0 Å². The molecule has 0 saturated carbocycles. The van der Waals surface area contributed by atoms with Crippen molar-refractivity contribution < 1.29 is 13.9 Å². The summed E-state index contributed by atoms with van der Waals surface area (Å²) in [4.78, 5) is 11.8. The van der Waals surface area contributed by atoms with Crippen LogP contribution in [0.1, 0.15) is 38.8 Å². The highest BCUT2D eigenvalue weighted by Crippen LogP contribution is 2.32. The summed E-state index contributed by atoms with van der Waals surface area (Å²) in [6.07, 6.45) is 0.599. The van der Waals surface area contributed by atoms with Crippen molar-refractivity contribution in [2.75, 3.05) is 7.11 Å². The molecule has 0 spiro atoms. The van der Waals surface area contributed by atoms with Crippen LogP contribution in [0.2, 0.25) is 10.0 Å². The molecule has 21 heavy (non-hydrogen) atoms. The molecule has 118 valence electrons. The van der Waals surface area contributed by atoms with Gasteiger partial charge in [-0.1, -0.05) is 37.0 Å². The topological polar surface area (TPSA) is 38.3 Å². The van der Waals surface area contributed by atoms with E-state index in [-0.39, 0.29) is 17.0 Å². The Kier molecular flexibility index (Phi) is 6.91. The van der Waals surface area contributed by atoms with Crippen LogP contribution >= 0.6 is 23.2 Å². The number of hydrogen-bond donors (Lipinski definition) is 1. The maximum Gasteiger partial charge on any atom is 0.322 e. The van der Waals surface area contributed by atoms with E-state index in [1.807, 2.05) is 13.8 Å². The van der Waals surface area contributed by atoms with Gasteiger partial charge in [0.05, 0.1) is 12.1 Å². The number of carbonyl (C=O) groups is 1. The Hall–Kier alpha value is -0.840. The molecule has 0 aromatic heterocycles. The molecule has 0 radical (unpaired) electrons. The van der Waals surface area contributed by atoms with Crippen molar-refractivity contribution in [2.24, 2.45) is 5.92 Å². The number of rotatable bonds is 6. The smallest absolute Gasteiger partial charge is 0.322 e. The van der Waals surface area contributed by atoms with Crippen molar-refractivity contribution in [3.05, 3.63) is 33.6 Å². The van der Waals surface area contributed by atoms with Gasteiger partial charge >= 0.3 is 5.97 Å². The van der Waals surface area contributed by atoms with Crippen molar-refractivity contribution in [3.8, 4) is 0 Å². The van der Waals surface area contributed by atoms with Gasteiger partial charge in [-0.3, -0.25) is 10.1 Å². The van der Waals surface area contributed by atoms with Crippen molar-refractivity contribution in [2.45, 2.75) is 39.3 Å². The highest BCUT2D eigenvalue weighted by molar-refractivity contribution is 6.36. The normalized spacial score (nSPS) is 14.1. The van der Waals surface area contributed by atoms with Gasteiger partial charge in [-0.25, -0.2) is 4.39 Å². The molecule has 0 bridgehead atoms. The van der Waals surface area contributed by atoms with E-state index in [2.05, 4.69) is 5.32 Å². The molecule has 0 aliphatic carbocycles. The number of ether oxygens (including phenoxy) is 1. The summed E-state index contributed by atoms with van der Waals surface area (Å²) in [6.45, 7) is 5.79. The Bertz CT molecular complexity index is 509. The van der Waals surface area contributed by atoms with Gasteiger partial charge < -0.3 is 4.74 Å². The van der Waals surface area contributed by atoms with Gasteiger partial charge in [0.1, 0.15) is 11.9 Å². The minimum absolute atomic E-state index is 0.0318. The fraction of sp³-hybridized carbons (Fsp3) is 0.533. The lowest BCUT2D eigenvalue weighted by molar-refractivity contribution is -0.143. The number of hydrogen-bond acceptors (Lipinski definition) is 3. The third kappa shape index (κ3) is 4.83. The lowest BCUT2D eigenvalue weighted by atomic mass is 10.0. The highest BCUT2D eigenvalue weighted by atomic mass is 35.5. The summed E-state index contributed by atoms with van der Waals surface area (Å²) in [5.41, 5.74) is 0.441. The maximum absolute atomic E-state index is 13.6. The van der Waals surface area contributed by atoms with Crippen molar-refractivity contribution in [1.82, 2.24) is 5.32 Å². The number of esters is 1. The first-order chi connectivity index (χ1) is 9.77. The van der Waals surface area contributed by atoms with Gasteiger partial charge in [-0.15, -0.1) is 0 Å². The molecule has 0 fully saturated rings. The van der Waals surface area contributed by atoms with Crippen LogP contribution in [0.4, 0.5) is 4.39 Å². The van der Waals surface area contributed by atoms with E-state index >= 15 is 0 Å². The van der Waals surface area contributed by atoms with Crippen molar-refractivity contribution in [3.63, 3.8) is 0 Å². The van der Waals surface area contributed by atoms with Crippen LogP contribution in [-0.4, -0.2) is 19.1 Å². The molecule has 0 aliphatic heterocycles. The summed E-state index contributed by atoms with van der Waals surface area (Å²) in [7, 11) is 1.34. The molecule has 1 aromatic rings. The van der Waals surface area contributed by atoms with Gasteiger partial charge in [0, 0.05) is 16.6 Å². The first-order valence-corrected chi connectivity index (χ1v) is 7.50. The summed E-state index contributed by atoms with van der Waals surface area (Å²) < 4.78 is 18.4. The Morgan fingerprint density at radius 2 is 1.95 bits per heavy atom. The lowest BCUT2D eigenvalue weighted by Crippen LogP contribution is -2.40. The minimum atomic E-state index is -0.539. The predicted octanol–water partition coefficient (Wildman–Crippen LogP) is 4.37. The average Bonchev–Trinajstić information content (AvgIpc) is 2.41. The number of carbonyl (C=O) groups excluding carboxylic acids is 1. The Balaban J connectivity index is 2.99. The van der Waals surface area contributed by atoms with Crippen LogP contribution in [0.5, 0.6) is 0 Å². The average molecular weight is 336 g/mol. The zero-order valence-corrected chi connectivity index (χ0v) is 14.1. The van der Waals surface area contributed by atoms with E-state index in [9.17, 15) is 9.18 Å². The monoisotopic (exact) mass is 335 g/mol. The molecule has 3 nitrogen and oxygen atoms in total.